The van der Waals surface area contributed by atoms with Crippen molar-refractivity contribution in [1.29, 1.82) is 0 Å². The molecule has 1 aromatic carbocycles. The number of carbonyl (C=O) groups is 1. The molecule has 0 radical (unpaired) electrons. The maximum atomic E-state index is 11.9. The van der Waals surface area contributed by atoms with Gasteiger partial charge in [0.05, 0.1) is 24.1 Å². The van der Waals surface area contributed by atoms with Gasteiger partial charge in [-0.1, -0.05) is 0 Å². The highest BCUT2D eigenvalue weighted by atomic mass is 16.5. The zero-order valence-corrected chi connectivity index (χ0v) is 13.8. The molecule has 126 valence electrons. The fourth-order valence-corrected chi connectivity index (χ4v) is 2.32. The SMILES string of the molecule is CCOc1ccc(-n2cccc2C=NNC(=O)c2cccnc2)cc1. The first-order chi connectivity index (χ1) is 12.3. The first kappa shape index (κ1) is 16.4. The number of rotatable bonds is 6. The van der Waals surface area contributed by atoms with Gasteiger partial charge in [0.15, 0.2) is 0 Å². The Morgan fingerprint density at radius 2 is 2.08 bits per heavy atom. The molecule has 3 rings (SSSR count). The summed E-state index contributed by atoms with van der Waals surface area (Å²) in [4.78, 5) is 15.9. The van der Waals surface area contributed by atoms with Crippen LogP contribution < -0.4 is 10.2 Å². The number of hydrazone groups is 1. The number of ether oxygens (including phenoxy) is 1. The highest BCUT2D eigenvalue weighted by Gasteiger charge is 2.04. The zero-order valence-electron chi connectivity index (χ0n) is 13.8. The van der Waals surface area contributed by atoms with Gasteiger partial charge in [-0.05, 0) is 55.5 Å². The van der Waals surface area contributed by atoms with Crippen LogP contribution in [0, 0.1) is 0 Å². The van der Waals surface area contributed by atoms with Crippen molar-refractivity contribution in [2.24, 2.45) is 5.10 Å². The smallest absolute Gasteiger partial charge is 0.272 e. The molecule has 2 aromatic heterocycles. The van der Waals surface area contributed by atoms with Crippen LogP contribution >= 0.6 is 0 Å². The van der Waals surface area contributed by atoms with Gasteiger partial charge in [-0.15, -0.1) is 0 Å². The first-order valence-electron chi connectivity index (χ1n) is 7.92. The molecule has 0 fully saturated rings. The van der Waals surface area contributed by atoms with Crippen LogP contribution in [0.5, 0.6) is 5.75 Å². The molecule has 2 heterocycles. The number of pyridine rings is 1. The molecule has 3 aromatic rings. The lowest BCUT2D eigenvalue weighted by Crippen LogP contribution is -2.17. The number of benzene rings is 1. The number of nitrogens with one attached hydrogen (secondary N) is 1. The average molecular weight is 334 g/mol. The molecule has 0 aliphatic carbocycles. The van der Waals surface area contributed by atoms with E-state index in [9.17, 15) is 4.79 Å². The summed E-state index contributed by atoms with van der Waals surface area (Å²) in [7, 11) is 0. The fourth-order valence-electron chi connectivity index (χ4n) is 2.32. The van der Waals surface area contributed by atoms with Gasteiger partial charge in [0.2, 0.25) is 0 Å². The monoisotopic (exact) mass is 334 g/mol. The van der Waals surface area contributed by atoms with Gasteiger partial charge in [-0.3, -0.25) is 9.78 Å². The van der Waals surface area contributed by atoms with Crippen LogP contribution in [-0.4, -0.2) is 28.3 Å². The van der Waals surface area contributed by atoms with Crippen molar-refractivity contribution in [3.63, 3.8) is 0 Å². The molecule has 6 heteroatoms. The molecule has 0 saturated heterocycles. The standard InChI is InChI=1S/C19H18N4O2/c1-2-25-18-9-7-16(8-10-18)23-12-4-6-17(23)14-21-22-19(24)15-5-3-11-20-13-15/h3-14H,2H2,1H3,(H,22,24). The number of carbonyl (C=O) groups excluding carboxylic acids is 1. The van der Waals surface area contributed by atoms with Crippen molar-refractivity contribution < 1.29 is 9.53 Å². The Morgan fingerprint density at radius 1 is 1.24 bits per heavy atom. The maximum absolute atomic E-state index is 11.9. The Hall–Kier alpha value is -3.41. The van der Waals surface area contributed by atoms with Crippen LogP contribution in [-0.2, 0) is 0 Å². The lowest BCUT2D eigenvalue weighted by molar-refractivity contribution is 0.0955. The Labute approximate surface area is 145 Å². The minimum atomic E-state index is -0.302. The molecule has 1 amide bonds. The summed E-state index contributed by atoms with van der Waals surface area (Å²) in [5, 5.41) is 4.03. The molecule has 6 nitrogen and oxygen atoms in total. The molecular weight excluding hydrogens is 316 g/mol. The van der Waals surface area contributed by atoms with E-state index in [1.807, 2.05) is 54.1 Å². The molecule has 0 unspecified atom stereocenters. The van der Waals surface area contributed by atoms with E-state index < -0.39 is 0 Å². The lowest BCUT2D eigenvalue weighted by Gasteiger charge is -2.08. The molecule has 0 saturated carbocycles. The number of aromatic nitrogens is 2. The van der Waals surface area contributed by atoms with Gasteiger partial charge in [-0.25, -0.2) is 5.43 Å². The van der Waals surface area contributed by atoms with Crippen LogP contribution in [0.3, 0.4) is 0 Å². The third-order valence-electron chi connectivity index (χ3n) is 3.49. The summed E-state index contributed by atoms with van der Waals surface area (Å²) in [6, 6.07) is 15.0. The Morgan fingerprint density at radius 3 is 2.80 bits per heavy atom. The average Bonchev–Trinajstić information content (AvgIpc) is 3.12. The second-order valence-electron chi connectivity index (χ2n) is 5.17. The normalized spacial score (nSPS) is 10.8. The Bertz CT molecular complexity index is 855. The zero-order chi connectivity index (χ0) is 17.5. The minimum absolute atomic E-state index is 0.302. The van der Waals surface area contributed by atoms with Gasteiger partial charge in [-0.2, -0.15) is 5.10 Å². The minimum Gasteiger partial charge on any atom is -0.494 e. The summed E-state index contributed by atoms with van der Waals surface area (Å²) < 4.78 is 7.42. The number of hydrogen-bond donors (Lipinski definition) is 1. The summed E-state index contributed by atoms with van der Waals surface area (Å²) in [6.07, 6.45) is 6.64. The largest absolute Gasteiger partial charge is 0.494 e. The number of amides is 1. The molecule has 1 N–H and O–H groups in total. The van der Waals surface area contributed by atoms with E-state index in [2.05, 4.69) is 15.5 Å². The third-order valence-corrected chi connectivity index (χ3v) is 3.49. The van der Waals surface area contributed by atoms with E-state index in [1.54, 1.807) is 24.5 Å². The summed E-state index contributed by atoms with van der Waals surface area (Å²) in [5.41, 5.74) is 4.78. The van der Waals surface area contributed by atoms with Gasteiger partial charge < -0.3 is 9.30 Å². The molecule has 0 spiro atoms. The molecule has 0 atom stereocenters. The van der Waals surface area contributed by atoms with Gasteiger partial charge in [0, 0.05) is 24.3 Å². The van der Waals surface area contributed by atoms with Crippen molar-refractivity contribution in [3.8, 4) is 11.4 Å². The van der Waals surface area contributed by atoms with Gasteiger partial charge >= 0.3 is 0 Å². The predicted molar refractivity (Wildman–Crippen MR) is 96.2 cm³/mol. The van der Waals surface area contributed by atoms with Crippen LogP contribution in [0.2, 0.25) is 0 Å². The van der Waals surface area contributed by atoms with Gasteiger partial charge in [0.25, 0.3) is 5.91 Å². The summed E-state index contributed by atoms with van der Waals surface area (Å²) in [6.45, 7) is 2.59. The van der Waals surface area contributed by atoms with Crippen molar-refractivity contribution in [3.05, 3.63) is 78.4 Å². The van der Waals surface area contributed by atoms with E-state index >= 15 is 0 Å². The number of hydrogen-bond acceptors (Lipinski definition) is 4. The fraction of sp³-hybridized carbons (Fsp3) is 0.105. The first-order valence-corrected chi connectivity index (χ1v) is 7.92. The molecule has 25 heavy (non-hydrogen) atoms. The van der Waals surface area contributed by atoms with Crippen LogP contribution in [0.15, 0.2) is 72.2 Å². The Kier molecular flexibility index (Phi) is 5.21. The van der Waals surface area contributed by atoms with Crippen LogP contribution in [0.1, 0.15) is 23.0 Å². The predicted octanol–water partition coefficient (Wildman–Crippen LogP) is 3.03. The molecule has 0 bridgehead atoms. The van der Waals surface area contributed by atoms with E-state index in [0.717, 1.165) is 17.1 Å². The third kappa shape index (κ3) is 4.11. The molecule has 0 aliphatic rings. The quantitative estimate of drug-likeness (QED) is 0.556. The van der Waals surface area contributed by atoms with Gasteiger partial charge in [0.1, 0.15) is 5.75 Å². The second kappa shape index (κ2) is 7.92. The highest BCUT2D eigenvalue weighted by Crippen LogP contribution is 2.17. The topological polar surface area (TPSA) is 68.5 Å². The van der Waals surface area contributed by atoms with E-state index in [-0.39, 0.29) is 5.91 Å². The number of nitrogens with zero attached hydrogens (tertiary/aromatic N) is 3. The highest BCUT2D eigenvalue weighted by molar-refractivity contribution is 5.94. The summed E-state index contributed by atoms with van der Waals surface area (Å²) in [5.74, 6) is 0.529. The van der Waals surface area contributed by atoms with E-state index in [4.69, 9.17) is 4.74 Å². The Balaban J connectivity index is 1.70. The van der Waals surface area contributed by atoms with E-state index in [0.29, 0.717) is 12.2 Å². The lowest BCUT2D eigenvalue weighted by atomic mass is 10.3. The van der Waals surface area contributed by atoms with Crippen molar-refractivity contribution in [2.75, 3.05) is 6.61 Å². The van der Waals surface area contributed by atoms with Crippen LogP contribution in [0.25, 0.3) is 5.69 Å². The summed E-state index contributed by atoms with van der Waals surface area (Å²) >= 11 is 0. The van der Waals surface area contributed by atoms with Crippen molar-refractivity contribution >= 4 is 12.1 Å². The second-order valence-corrected chi connectivity index (χ2v) is 5.17. The molecular formula is C19H18N4O2. The van der Waals surface area contributed by atoms with Crippen molar-refractivity contribution in [1.82, 2.24) is 15.0 Å². The van der Waals surface area contributed by atoms with E-state index in [1.165, 1.54) is 6.20 Å². The van der Waals surface area contributed by atoms with Crippen LogP contribution in [0.4, 0.5) is 0 Å². The molecule has 0 aliphatic heterocycles. The van der Waals surface area contributed by atoms with Crippen molar-refractivity contribution in [2.45, 2.75) is 6.92 Å². The maximum Gasteiger partial charge on any atom is 0.272 e.